The third kappa shape index (κ3) is 9.77. The molecule has 0 radical (unpaired) electrons. The standard InChI is InChI=1S/C12H27N3O/c1-6-7-9-16-10-8-14-11(13-5)15-12(2,3)4/h6-10H2,1-5H3,(H2,13,14,15). The van der Waals surface area contributed by atoms with Gasteiger partial charge in [0.1, 0.15) is 0 Å². The number of nitrogens with zero attached hydrogens (tertiary/aromatic N) is 1. The number of rotatable bonds is 6. The van der Waals surface area contributed by atoms with Gasteiger partial charge < -0.3 is 15.4 Å². The van der Waals surface area contributed by atoms with E-state index in [2.05, 4.69) is 43.3 Å². The van der Waals surface area contributed by atoms with Gasteiger partial charge in [-0.2, -0.15) is 0 Å². The molecule has 0 aliphatic heterocycles. The summed E-state index contributed by atoms with van der Waals surface area (Å²) in [5, 5.41) is 6.51. The van der Waals surface area contributed by atoms with Crippen molar-refractivity contribution in [2.45, 2.75) is 46.1 Å². The third-order valence-corrected chi connectivity index (χ3v) is 1.90. The Morgan fingerprint density at radius 3 is 2.44 bits per heavy atom. The molecule has 0 unspecified atom stereocenters. The van der Waals surface area contributed by atoms with Crippen LogP contribution in [-0.2, 0) is 4.74 Å². The highest BCUT2D eigenvalue weighted by Gasteiger charge is 2.10. The number of aliphatic imine (C=N–C) groups is 1. The van der Waals surface area contributed by atoms with Crippen molar-refractivity contribution in [2.75, 3.05) is 26.8 Å². The highest BCUT2D eigenvalue weighted by molar-refractivity contribution is 5.80. The molecule has 4 nitrogen and oxygen atoms in total. The van der Waals surface area contributed by atoms with E-state index < -0.39 is 0 Å². The van der Waals surface area contributed by atoms with Crippen LogP contribution in [0.5, 0.6) is 0 Å². The molecule has 0 aromatic carbocycles. The minimum absolute atomic E-state index is 0.0326. The summed E-state index contributed by atoms with van der Waals surface area (Å²) in [6, 6.07) is 0. The van der Waals surface area contributed by atoms with Crippen molar-refractivity contribution in [1.29, 1.82) is 0 Å². The number of guanidine groups is 1. The van der Waals surface area contributed by atoms with Crippen LogP contribution in [0.1, 0.15) is 40.5 Å². The molecule has 0 fully saturated rings. The molecule has 0 aliphatic rings. The molecular formula is C12H27N3O. The van der Waals surface area contributed by atoms with E-state index in [1.165, 1.54) is 6.42 Å². The molecule has 0 bridgehead atoms. The molecule has 96 valence electrons. The first-order valence-electron chi connectivity index (χ1n) is 6.06. The van der Waals surface area contributed by atoms with Gasteiger partial charge in [-0.05, 0) is 27.2 Å². The van der Waals surface area contributed by atoms with Gasteiger partial charge >= 0.3 is 0 Å². The topological polar surface area (TPSA) is 45.6 Å². The number of unbranched alkanes of at least 4 members (excludes halogenated alkanes) is 1. The van der Waals surface area contributed by atoms with Crippen molar-refractivity contribution in [2.24, 2.45) is 4.99 Å². The van der Waals surface area contributed by atoms with Gasteiger partial charge in [-0.25, -0.2) is 0 Å². The Labute approximate surface area is 99.9 Å². The maximum atomic E-state index is 5.45. The van der Waals surface area contributed by atoms with E-state index in [1.807, 2.05) is 0 Å². The molecule has 16 heavy (non-hydrogen) atoms. The van der Waals surface area contributed by atoms with E-state index in [1.54, 1.807) is 7.05 Å². The van der Waals surface area contributed by atoms with Gasteiger partial charge in [0.25, 0.3) is 0 Å². The van der Waals surface area contributed by atoms with Crippen LogP contribution in [0.3, 0.4) is 0 Å². The SMILES string of the molecule is CCCCOCCNC(=NC)NC(C)(C)C. The summed E-state index contributed by atoms with van der Waals surface area (Å²) in [6.45, 7) is 10.9. The monoisotopic (exact) mass is 229 g/mol. The average Bonchev–Trinajstić information content (AvgIpc) is 2.19. The molecule has 4 heteroatoms. The minimum atomic E-state index is 0.0326. The molecule has 0 saturated heterocycles. The van der Waals surface area contributed by atoms with Crippen molar-refractivity contribution < 1.29 is 4.74 Å². The van der Waals surface area contributed by atoms with Gasteiger partial charge in [-0.1, -0.05) is 13.3 Å². The van der Waals surface area contributed by atoms with Crippen LogP contribution in [0.4, 0.5) is 0 Å². The zero-order valence-electron chi connectivity index (χ0n) is 11.4. The second kappa shape index (κ2) is 8.39. The molecule has 0 spiro atoms. The van der Waals surface area contributed by atoms with Crippen LogP contribution < -0.4 is 10.6 Å². The lowest BCUT2D eigenvalue weighted by molar-refractivity contribution is 0.135. The predicted octanol–water partition coefficient (Wildman–Crippen LogP) is 1.77. The van der Waals surface area contributed by atoms with Gasteiger partial charge in [0, 0.05) is 25.7 Å². The molecule has 0 aliphatic carbocycles. The van der Waals surface area contributed by atoms with E-state index in [4.69, 9.17) is 4.74 Å². The fraction of sp³-hybridized carbons (Fsp3) is 0.917. The van der Waals surface area contributed by atoms with E-state index in [9.17, 15) is 0 Å². The second-order valence-electron chi connectivity index (χ2n) is 4.84. The summed E-state index contributed by atoms with van der Waals surface area (Å²) in [7, 11) is 1.78. The summed E-state index contributed by atoms with van der Waals surface area (Å²) < 4.78 is 5.45. The summed E-state index contributed by atoms with van der Waals surface area (Å²) in [5.41, 5.74) is 0.0326. The maximum absolute atomic E-state index is 5.45. The lowest BCUT2D eigenvalue weighted by Gasteiger charge is -2.23. The van der Waals surface area contributed by atoms with Crippen LogP contribution in [0, 0.1) is 0 Å². The van der Waals surface area contributed by atoms with Crippen molar-refractivity contribution in [3.05, 3.63) is 0 Å². The highest BCUT2D eigenvalue weighted by Crippen LogP contribution is 1.97. The fourth-order valence-corrected chi connectivity index (χ4v) is 1.12. The Hall–Kier alpha value is -0.770. The Kier molecular flexibility index (Phi) is 7.99. The molecular weight excluding hydrogens is 202 g/mol. The van der Waals surface area contributed by atoms with Crippen molar-refractivity contribution in [3.8, 4) is 0 Å². The zero-order valence-corrected chi connectivity index (χ0v) is 11.4. The number of hydrogen-bond acceptors (Lipinski definition) is 2. The zero-order chi connectivity index (χ0) is 12.4. The molecule has 0 saturated carbocycles. The number of nitrogens with one attached hydrogen (secondary N) is 2. The molecule has 2 N–H and O–H groups in total. The van der Waals surface area contributed by atoms with E-state index in [-0.39, 0.29) is 5.54 Å². The van der Waals surface area contributed by atoms with Crippen molar-refractivity contribution >= 4 is 5.96 Å². The van der Waals surface area contributed by atoms with Crippen LogP contribution in [0.2, 0.25) is 0 Å². The highest BCUT2D eigenvalue weighted by atomic mass is 16.5. The van der Waals surface area contributed by atoms with Gasteiger partial charge in [0.05, 0.1) is 6.61 Å². The van der Waals surface area contributed by atoms with Crippen LogP contribution in [0.25, 0.3) is 0 Å². The maximum Gasteiger partial charge on any atom is 0.191 e. The van der Waals surface area contributed by atoms with Gasteiger partial charge in [0.15, 0.2) is 5.96 Å². The van der Waals surface area contributed by atoms with E-state index >= 15 is 0 Å². The van der Waals surface area contributed by atoms with Crippen LogP contribution in [-0.4, -0.2) is 38.3 Å². The molecule has 0 heterocycles. The molecule has 0 rings (SSSR count). The Bertz CT molecular complexity index is 197. The average molecular weight is 229 g/mol. The lowest BCUT2D eigenvalue weighted by atomic mass is 10.1. The largest absolute Gasteiger partial charge is 0.380 e. The third-order valence-electron chi connectivity index (χ3n) is 1.90. The molecule has 0 atom stereocenters. The lowest BCUT2D eigenvalue weighted by Crippen LogP contribution is -2.48. The quantitative estimate of drug-likeness (QED) is 0.414. The Morgan fingerprint density at radius 2 is 1.94 bits per heavy atom. The minimum Gasteiger partial charge on any atom is -0.380 e. The smallest absolute Gasteiger partial charge is 0.191 e. The summed E-state index contributed by atoms with van der Waals surface area (Å²) in [6.07, 6.45) is 2.32. The Morgan fingerprint density at radius 1 is 1.25 bits per heavy atom. The fourth-order valence-electron chi connectivity index (χ4n) is 1.12. The van der Waals surface area contributed by atoms with E-state index in [0.717, 1.165) is 32.1 Å². The first kappa shape index (κ1) is 15.2. The second-order valence-corrected chi connectivity index (χ2v) is 4.84. The number of hydrogen-bond donors (Lipinski definition) is 2. The van der Waals surface area contributed by atoms with E-state index in [0.29, 0.717) is 0 Å². The van der Waals surface area contributed by atoms with Crippen molar-refractivity contribution in [3.63, 3.8) is 0 Å². The van der Waals surface area contributed by atoms with Crippen LogP contribution >= 0.6 is 0 Å². The first-order chi connectivity index (χ1) is 7.49. The molecule has 0 aromatic rings. The van der Waals surface area contributed by atoms with Gasteiger partial charge in [-0.15, -0.1) is 0 Å². The normalized spacial score (nSPS) is 12.7. The van der Waals surface area contributed by atoms with Crippen LogP contribution in [0.15, 0.2) is 4.99 Å². The van der Waals surface area contributed by atoms with Gasteiger partial charge in [0.2, 0.25) is 0 Å². The summed E-state index contributed by atoms with van der Waals surface area (Å²) >= 11 is 0. The predicted molar refractivity (Wildman–Crippen MR) is 70.0 cm³/mol. The molecule has 0 amide bonds. The Balaban J connectivity index is 3.58. The summed E-state index contributed by atoms with van der Waals surface area (Å²) in [5.74, 6) is 0.826. The number of ether oxygens (including phenoxy) is 1. The van der Waals surface area contributed by atoms with Gasteiger partial charge in [-0.3, -0.25) is 4.99 Å². The molecule has 0 aromatic heterocycles. The van der Waals surface area contributed by atoms with Crippen molar-refractivity contribution in [1.82, 2.24) is 10.6 Å². The first-order valence-corrected chi connectivity index (χ1v) is 6.06. The summed E-state index contributed by atoms with van der Waals surface area (Å²) in [4.78, 5) is 4.15.